The summed E-state index contributed by atoms with van der Waals surface area (Å²) in [4.78, 5) is 21.4. The molecule has 0 aliphatic rings. The van der Waals surface area contributed by atoms with Crippen molar-refractivity contribution in [3.63, 3.8) is 0 Å². The van der Waals surface area contributed by atoms with Gasteiger partial charge in [-0.3, -0.25) is 9.59 Å². The van der Waals surface area contributed by atoms with Crippen molar-refractivity contribution in [2.45, 2.75) is 25.4 Å². The smallest absolute Gasteiger partial charge is 0.320 e. The number of aliphatic carboxylic acids is 2. The van der Waals surface area contributed by atoms with Crippen molar-refractivity contribution in [1.29, 1.82) is 0 Å². The summed E-state index contributed by atoms with van der Waals surface area (Å²) >= 11 is 0. The van der Waals surface area contributed by atoms with Gasteiger partial charge in [0.1, 0.15) is 11.8 Å². The average molecular weight is 304 g/mol. The molecule has 0 saturated heterocycles. The molecule has 3 N–H and O–H groups in total. The lowest BCUT2D eigenvalue weighted by atomic mass is 10.1. The molecule has 0 aliphatic heterocycles. The Morgan fingerprint density at radius 2 is 1.85 bits per heavy atom. The lowest BCUT2D eigenvalue weighted by Crippen LogP contribution is -2.36. The maximum absolute atomic E-state index is 11.0. The minimum atomic E-state index is -1.05. The summed E-state index contributed by atoms with van der Waals surface area (Å²) in [5.41, 5.74) is 0.905. The monoisotopic (exact) mass is 303 g/mol. The van der Waals surface area contributed by atoms with E-state index in [2.05, 4.69) is 5.32 Å². The van der Waals surface area contributed by atoms with Crippen molar-refractivity contribution in [2.24, 2.45) is 0 Å². The molecule has 112 valence electrons. The normalized spacial score (nSPS) is 11.2. The molecule has 0 aliphatic carbocycles. The van der Waals surface area contributed by atoms with Crippen LogP contribution in [0.5, 0.6) is 5.75 Å². The first-order chi connectivity index (χ1) is 9.02. The third kappa shape index (κ3) is 6.40. The fourth-order valence-electron chi connectivity index (χ4n) is 1.57. The van der Waals surface area contributed by atoms with Crippen molar-refractivity contribution < 1.29 is 24.5 Å². The van der Waals surface area contributed by atoms with Gasteiger partial charge in [-0.1, -0.05) is 12.1 Å². The van der Waals surface area contributed by atoms with Crippen molar-refractivity contribution in [3.05, 3.63) is 29.8 Å². The van der Waals surface area contributed by atoms with E-state index in [1.165, 1.54) is 0 Å². The Labute approximate surface area is 123 Å². The summed E-state index contributed by atoms with van der Waals surface area (Å²) in [6.45, 7) is 0.362. The van der Waals surface area contributed by atoms with E-state index in [-0.39, 0.29) is 25.2 Å². The first kappa shape index (κ1) is 18.2. The number of methoxy groups -OCH3 is 1. The summed E-state index contributed by atoms with van der Waals surface area (Å²) in [7, 11) is 1.57. The fraction of sp³-hybridized carbons (Fsp3) is 0.385. The highest BCUT2D eigenvalue weighted by atomic mass is 35.5. The second-order valence-electron chi connectivity index (χ2n) is 4.05. The molecule has 0 spiro atoms. The van der Waals surface area contributed by atoms with Gasteiger partial charge in [-0.05, 0) is 24.1 Å². The number of rotatable bonds is 8. The maximum Gasteiger partial charge on any atom is 0.320 e. The van der Waals surface area contributed by atoms with E-state index in [0.717, 1.165) is 11.3 Å². The van der Waals surface area contributed by atoms with Crippen LogP contribution in [0.3, 0.4) is 0 Å². The van der Waals surface area contributed by atoms with E-state index >= 15 is 0 Å². The first-order valence-corrected chi connectivity index (χ1v) is 5.84. The van der Waals surface area contributed by atoms with Crippen LogP contribution in [-0.2, 0) is 16.1 Å². The third-order valence-electron chi connectivity index (χ3n) is 2.66. The number of hydrogen-bond donors (Lipinski definition) is 3. The molecular formula is C13H18ClNO5. The zero-order chi connectivity index (χ0) is 14.3. The lowest BCUT2D eigenvalue weighted by Gasteiger charge is -2.13. The van der Waals surface area contributed by atoms with Crippen LogP contribution in [-0.4, -0.2) is 35.3 Å². The fourth-order valence-corrected chi connectivity index (χ4v) is 1.57. The Kier molecular flexibility index (Phi) is 8.35. The van der Waals surface area contributed by atoms with Crippen LogP contribution in [0, 0.1) is 0 Å². The Hall–Kier alpha value is -1.79. The van der Waals surface area contributed by atoms with Gasteiger partial charge in [0.25, 0.3) is 0 Å². The highest BCUT2D eigenvalue weighted by Gasteiger charge is 2.17. The van der Waals surface area contributed by atoms with E-state index in [1.54, 1.807) is 19.2 Å². The highest BCUT2D eigenvalue weighted by Crippen LogP contribution is 2.11. The number of benzene rings is 1. The number of carboxylic acids is 2. The molecule has 0 heterocycles. The standard InChI is InChI=1S/C13H17NO5.ClH/c1-19-10-4-2-9(3-5-10)8-14-11(13(17)18)6-7-12(15)16;/h2-5,11,14H,6-8H2,1H3,(H,15,16)(H,17,18);1H. The van der Waals surface area contributed by atoms with Gasteiger partial charge in [0.2, 0.25) is 0 Å². The predicted octanol–water partition coefficient (Wildman–Crippen LogP) is 1.52. The molecule has 1 atom stereocenters. The highest BCUT2D eigenvalue weighted by molar-refractivity contribution is 5.85. The van der Waals surface area contributed by atoms with Crippen LogP contribution in [0.4, 0.5) is 0 Å². The molecule has 0 saturated carbocycles. The van der Waals surface area contributed by atoms with Crippen molar-refractivity contribution in [3.8, 4) is 5.75 Å². The summed E-state index contributed by atoms with van der Waals surface area (Å²) < 4.78 is 5.02. The van der Waals surface area contributed by atoms with Crippen LogP contribution in [0.25, 0.3) is 0 Å². The van der Waals surface area contributed by atoms with Gasteiger partial charge in [-0.25, -0.2) is 0 Å². The van der Waals surface area contributed by atoms with E-state index in [9.17, 15) is 9.59 Å². The number of halogens is 1. The molecule has 0 radical (unpaired) electrons. The quantitative estimate of drug-likeness (QED) is 0.674. The zero-order valence-electron chi connectivity index (χ0n) is 11.0. The number of carbonyl (C=O) groups is 2. The molecule has 0 fully saturated rings. The number of ether oxygens (including phenoxy) is 1. The molecule has 1 aromatic rings. The molecule has 20 heavy (non-hydrogen) atoms. The molecule has 1 rings (SSSR count). The molecule has 6 nitrogen and oxygen atoms in total. The third-order valence-corrected chi connectivity index (χ3v) is 2.66. The summed E-state index contributed by atoms with van der Waals surface area (Å²) in [6, 6.07) is 6.34. The van der Waals surface area contributed by atoms with E-state index in [1.807, 2.05) is 12.1 Å². The Morgan fingerprint density at radius 3 is 2.30 bits per heavy atom. The second kappa shape index (κ2) is 9.17. The van der Waals surface area contributed by atoms with Crippen LogP contribution in [0.2, 0.25) is 0 Å². The van der Waals surface area contributed by atoms with E-state index in [4.69, 9.17) is 14.9 Å². The van der Waals surface area contributed by atoms with Crippen molar-refractivity contribution in [1.82, 2.24) is 5.32 Å². The van der Waals surface area contributed by atoms with Crippen LogP contribution in [0.1, 0.15) is 18.4 Å². The summed E-state index contributed by atoms with van der Waals surface area (Å²) in [5.74, 6) is -1.32. The van der Waals surface area contributed by atoms with Gasteiger partial charge >= 0.3 is 11.9 Å². The lowest BCUT2D eigenvalue weighted by molar-refractivity contribution is -0.140. The number of nitrogens with one attached hydrogen (secondary N) is 1. The average Bonchev–Trinajstić information content (AvgIpc) is 2.38. The molecule has 7 heteroatoms. The zero-order valence-corrected chi connectivity index (χ0v) is 11.9. The maximum atomic E-state index is 11.0. The molecule has 1 unspecified atom stereocenters. The second-order valence-corrected chi connectivity index (χ2v) is 4.05. The number of carboxylic acid groups (broad SMARTS) is 2. The summed E-state index contributed by atoms with van der Waals surface area (Å²) in [6.07, 6.45) is -0.118. The van der Waals surface area contributed by atoms with Crippen molar-refractivity contribution >= 4 is 24.3 Å². The Balaban J connectivity index is 0.00000361. The van der Waals surface area contributed by atoms with Gasteiger partial charge in [0.05, 0.1) is 7.11 Å². The Morgan fingerprint density at radius 1 is 1.25 bits per heavy atom. The van der Waals surface area contributed by atoms with E-state index in [0.29, 0.717) is 6.54 Å². The minimum absolute atomic E-state index is 0. The van der Waals surface area contributed by atoms with Gasteiger partial charge < -0.3 is 20.3 Å². The van der Waals surface area contributed by atoms with Crippen LogP contribution < -0.4 is 10.1 Å². The largest absolute Gasteiger partial charge is 0.497 e. The van der Waals surface area contributed by atoms with Crippen LogP contribution in [0.15, 0.2) is 24.3 Å². The molecule has 0 aromatic heterocycles. The van der Waals surface area contributed by atoms with Crippen LogP contribution >= 0.6 is 12.4 Å². The van der Waals surface area contributed by atoms with Gasteiger partial charge in [-0.15, -0.1) is 12.4 Å². The molecule has 0 bridgehead atoms. The molecule has 0 amide bonds. The predicted molar refractivity (Wildman–Crippen MR) is 75.4 cm³/mol. The van der Waals surface area contributed by atoms with Gasteiger partial charge in [0, 0.05) is 13.0 Å². The molecular weight excluding hydrogens is 286 g/mol. The van der Waals surface area contributed by atoms with Gasteiger partial charge in [0.15, 0.2) is 0 Å². The molecule has 1 aromatic carbocycles. The topological polar surface area (TPSA) is 95.9 Å². The summed E-state index contributed by atoms with van der Waals surface area (Å²) in [5, 5.41) is 20.3. The Bertz CT molecular complexity index is 435. The van der Waals surface area contributed by atoms with E-state index < -0.39 is 18.0 Å². The SMILES string of the molecule is COc1ccc(CNC(CCC(=O)O)C(=O)O)cc1.Cl. The van der Waals surface area contributed by atoms with Gasteiger partial charge in [-0.2, -0.15) is 0 Å². The minimum Gasteiger partial charge on any atom is -0.497 e. The number of hydrogen-bond acceptors (Lipinski definition) is 4. The van der Waals surface area contributed by atoms with Crippen molar-refractivity contribution in [2.75, 3.05) is 7.11 Å². The first-order valence-electron chi connectivity index (χ1n) is 5.84.